The molecule has 1 aromatic rings. The number of hydrogen-bond acceptors (Lipinski definition) is 1. The van der Waals surface area contributed by atoms with Crippen LogP contribution in [-0.2, 0) is 6.54 Å². The van der Waals surface area contributed by atoms with Gasteiger partial charge in [0.25, 0.3) is 0 Å². The molecule has 94 valence electrons. The van der Waals surface area contributed by atoms with Gasteiger partial charge < -0.3 is 5.32 Å². The van der Waals surface area contributed by atoms with Crippen molar-refractivity contribution in [2.45, 2.75) is 45.6 Å². The third kappa shape index (κ3) is 4.01. The van der Waals surface area contributed by atoms with E-state index in [2.05, 4.69) is 18.3 Å². The van der Waals surface area contributed by atoms with E-state index in [0.717, 1.165) is 18.1 Å². The van der Waals surface area contributed by atoms with Crippen LogP contribution in [0.15, 0.2) is 24.3 Å². The fourth-order valence-corrected chi connectivity index (χ4v) is 2.95. The largest absolute Gasteiger partial charge is 0.312 e. The van der Waals surface area contributed by atoms with Crippen molar-refractivity contribution in [2.24, 2.45) is 5.41 Å². The fourth-order valence-electron chi connectivity index (χ4n) is 2.74. The van der Waals surface area contributed by atoms with E-state index in [1.54, 1.807) is 0 Å². The van der Waals surface area contributed by atoms with Crippen molar-refractivity contribution in [1.29, 1.82) is 0 Å². The van der Waals surface area contributed by atoms with Gasteiger partial charge in [0.1, 0.15) is 0 Å². The molecule has 2 rings (SSSR count). The highest BCUT2D eigenvalue weighted by Crippen LogP contribution is 2.34. The third-order valence-electron chi connectivity index (χ3n) is 3.83. The van der Waals surface area contributed by atoms with Gasteiger partial charge in [0.2, 0.25) is 0 Å². The van der Waals surface area contributed by atoms with Crippen LogP contribution in [0, 0.1) is 5.41 Å². The molecule has 0 atom stereocenters. The molecule has 1 aliphatic rings. The lowest BCUT2D eigenvalue weighted by Crippen LogP contribution is -2.33. The molecular formula is C15H22ClN. The summed E-state index contributed by atoms with van der Waals surface area (Å²) in [6.07, 6.45) is 6.96. The van der Waals surface area contributed by atoms with Gasteiger partial charge in [0.15, 0.2) is 0 Å². The smallest absolute Gasteiger partial charge is 0.0409 e. The molecule has 1 aromatic carbocycles. The molecule has 0 heterocycles. The quantitative estimate of drug-likeness (QED) is 0.836. The zero-order chi connectivity index (χ0) is 12.1. The van der Waals surface area contributed by atoms with Crippen molar-refractivity contribution < 1.29 is 0 Å². The highest BCUT2D eigenvalue weighted by molar-refractivity contribution is 6.30. The van der Waals surface area contributed by atoms with Crippen LogP contribution in [0.1, 0.15) is 44.6 Å². The maximum absolute atomic E-state index is 5.97. The second-order valence-corrected chi connectivity index (χ2v) is 6.04. The Kier molecular flexibility index (Phi) is 4.47. The second kappa shape index (κ2) is 5.88. The van der Waals surface area contributed by atoms with Crippen LogP contribution in [0.2, 0.25) is 5.02 Å². The van der Waals surface area contributed by atoms with Crippen molar-refractivity contribution in [3.8, 4) is 0 Å². The van der Waals surface area contributed by atoms with Crippen molar-refractivity contribution in [2.75, 3.05) is 6.54 Å². The average molecular weight is 252 g/mol. The Labute approximate surface area is 110 Å². The molecule has 0 unspecified atom stereocenters. The number of hydrogen-bond donors (Lipinski definition) is 1. The molecule has 2 heteroatoms. The van der Waals surface area contributed by atoms with E-state index in [9.17, 15) is 0 Å². The average Bonchev–Trinajstić information content (AvgIpc) is 2.30. The van der Waals surface area contributed by atoms with Gasteiger partial charge in [-0.05, 0) is 36.0 Å². The predicted molar refractivity (Wildman–Crippen MR) is 74.4 cm³/mol. The summed E-state index contributed by atoms with van der Waals surface area (Å²) in [7, 11) is 0. The summed E-state index contributed by atoms with van der Waals surface area (Å²) >= 11 is 5.97. The first-order chi connectivity index (χ1) is 8.18. The van der Waals surface area contributed by atoms with Gasteiger partial charge in [0.05, 0.1) is 0 Å². The maximum Gasteiger partial charge on any atom is 0.0409 e. The number of rotatable bonds is 4. The van der Waals surface area contributed by atoms with Crippen molar-refractivity contribution in [1.82, 2.24) is 5.32 Å². The molecule has 1 saturated carbocycles. The maximum atomic E-state index is 5.97. The lowest BCUT2D eigenvalue weighted by Gasteiger charge is -2.33. The van der Waals surface area contributed by atoms with Gasteiger partial charge in [0, 0.05) is 18.1 Å². The first-order valence-electron chi connectivity index (χ1n) is 6.63. The standard InChI is InChI=1S/C15H22ClN/c1-15(8-3-2-4-9-15)12-17-11-13-6-5-7-14(16)10-13/h5-7,10,17H,2-4,8-9,11-12H2,1H3. The zero-order valence-corrected chi connectivity index (χ0v) is 11.4. The Morgan fingerprint density at radius 3 is 2.71 bits per heavy atom. The lowest BCUT2D eigenvalue weighted by molar-refractivity contribution is 0.207. The van der Waals surface area contributed by atoms with Gasteiger partial charge in [-0.3, -0.25) is 0 Å². The SMILES string of the molecule is CC1(CNCc2cccc(Cl)c2)CCCCC1. The van der Waals surface area contributed by atoms with Crippen LogP contribution >= 0.6 is 11.6 Å². The summed E-state index contributed by atoms with van der Waals surface area (Å²) in [6.45, 7) is 4.47. The number of benzene rings is 1. The van der Waals surface area contributed by atoms with Gasteiger partial charge in [-0.2, -0.15) is 0 Å². The molecule has 0 radical (unpaired) electrons. The first-order valence-corrected chi connectivity index (χ1v) is 7.01. The van der Waals surface area contributed by atoms with Crippen LogP contribution in [0.5, 0.6) is 0 Å². The molecule has 0 aromatic heterocycles. The minimum absolute atomic E-state index is 0.511. The normalized spacial score (nSPS) is 19.2. The van der Waals surface area contributed by atoms with Gasteiger partial charge in [-0.1, -0.05) is 49.9 Å². The summed E-state index contributed by atoms with van der Waals surface area (Å²) in [5.41, 5.74) is 1.79. The zero-order valence-electron chi connectivity index (χ0n) is 10.6. The van der Waals surface area contributed by atoms with Gasteiger partial charge in [-0.25, -0.2) is 0 Å². The van der Waals surface area contributed by atoms with E-state index >= 15 is 0 Å². The molecule has 0 amide bonds. The highest BCUT2D eigenvalue weighted by Gasteiger charge is 2.25. The van der Waals surface area contributed by atoms with E-state index in [-0.39, 0.29) is 0 Å². The molecule has 1 aliphatic carbocycles. The summed E-state index contributed by atoms with van der Waals surface area (Å²) in [5.74, 6) is 0. The molecule has 0 bridgehead atoms. The Bertz CT molecular complexity index is 356. The Balaban J connectivity index is 1.79. The van der Waals surface area contributed by atoms with Crippen LogP contribution in [0.25, 0.3) is 0 Å². The van der Waals surface area contributed by atoms with Crippen LogP contribution in [-0.4, -0.2) is 6.54 Å². The van der Waals surface area contributed by atoms with E-state index in [4.69, 9.17) is 11.6 Å². The highest BCUT2D eigenvalue weighted by atomic mass is 35.5. The topological polar surface area (TPSA) is 12.0 Å². The number of nitrogens with one attached hydrogen (secondary N) is 1. The van der Waals surface area contributed by atoms with E-state index in [1.807, 2.05) is 18.2 Å². The summed E-state index contributed by atoms with van der Waals surface area (Å²) in [6, 6.07) is 8.11. The van der Waals surface area contributed by atoms with Crippen molar-refractivity contribution in [3.05, 3.63) is 34.9 Å². The molecule has 1 fully saturated rings. The summed E-state index contributed by atoms with van der Waals surface area (Å²) in [5, 5.41) is 4.41. The fraction of sp³-hybridized carbons (Fsp3) is 0.600. The van der Waals surface area contributed by atoms with Crippen LogP contribution < -0.4 is 5.32 Å². The van der Waals surface area contributed by atoms with E-state index in [1.165, 1.54) is 37.7 Å². The van der Waals surface area contributed by atoms with Crippen LogP contribution in [0.3, 0.4) is 0 Å². The molecule has 0 aliphatic heterocycles. The minimum Gasteiger partial charge on any atom is -0.312 e. The second-order valence-electron chi connectivity index (χ2n) is 5.60. The molecule has 1 N–H and O–H groups in total. The minimum atomic E-state index is 0.511. The number of halogens is 1. The lowest BCUT2D eigenvalue weighted by atomic mass is 9.76. The molecule has 1 nitrogen and oxygen atoms in total. The van der Waals surface area contributed by atoms with Gasteiger partial charge >= 0.3 is 0 Å². The summed E-state index contributed by atoms with van der Waals surface area (Å²) < 4.78 is 0. The molecule has 17 heavy (non-hydrogen) atoms. The van der Waals surface area contributed by atoms with Gasteiger partial charge in [-0.15, -0.1) is 0 Å². The molecule has 0 saturated heterocycles. The van der Waals surface area contributed by atoms with E-state index < -0.39 is 0 Å². The Hall–Kier alpha value is -0.530. The van der Waals surface area contributed by atoms with Crippen molar-refractivity contribution in [3.63, 3.8) is 0 Å². The van der Waals surface area contributed by atoms with Crippen molar-refractivity contribution >= 4 is 11.6 Å². The molecular weight excluding hydrogens is 230 g/mol. The van der Waals surface area contributed by atoms with Crippen LogP contribution in [0.4, 0.5) is 0 Å². The van der Waals surface area contributed by atoms with E-state index in [0.29, 0.717) is 5.41 Å². The molecule has 0 spiro atoms. The first kappa shape index (κ1) is 12.9. The predicted octanol–water partition coefficient (Wildman–Crippen LogP) is 4.40. The monoisotopic (exact) mass is 251 g/mol. The third-order valence-corrected chi connectivity index (χ3v) is 4.07. The Morgan fingerprint density at radius 1 is 1.24 bits per heavy atom. The Morgan fingerprint density at radius 2 is 2.00 bits per heavy atom. The summed E-state index contributed by atoms with van der Waals surface area (Å²) in [4.78, 5) is 0.